The molecule has 2 atom stereocenters. The van der Waals surface area contributed by atoms with Gasteiger partial charge in [0.15, 0.2) is 0 Å². The van der Waals surface area contributed by atoms with E-state index in [1.165, 1.54) is 10.5 Å². The molecule has 1 amide bonds. The summed E-state index contributed by atoms with van der Waals surface area (Å²) in [6.45, 7) is 14.3. The quantitative estimate of drug-likeness (QED) is 0.0807. The maximum absolute atomic E-state index is 13.0. The smallest absolute Gasteiger partial charge is 0.298 e. The lowest BCUT2D eigenvalue weighted by molar-refractivity contribution is -0.127. The molecule has 5 fully saturated rings. The van der Waals surface area contributed by atoms with E-state index in [9.17, 15) is 37.4 Å². The summed E-state index contributed by atoms with van der Waals surface area (Å²) in [4.78, 5) is 31.8. The predicted octanol–water partition coefficient (Wildman–Crippen LogP) is 7.62. The number of likely N-dealkylation sites (tertiary alicyclic amines) is 1. The number of anilines is 3. The third-order valence-electron chi connectivity index (χ3n) is 18.7. The fourth-order valence-electron chi connectivity index (χ4n) is 13.7. The van der Waals surface area contributed by atoms with Gasteiger partial charge in [-0.25, -0.2) is 45.3 Å². The van der Waals surface area contributed by atoms with Gasteiger partial charge in [0.2, 0.25) is 20.0 Å². The van der Waals surface area contributed by atoms with Crippen molar-refractivity contribution < 1.29 is 35.8 Å². The molecule has 12 heterocycles. The molecule has 2 unspecified atom stereocenters. The number of carbonyl (C=O) groups excluding carboxylic acids is 1. The SMILES string of the molecule is C#CC(=O)N1CC2CCC(C1)C2Nc1ccc(-c2cc(OCC)cn3ncc(C#N)c23)cn1.C#CCS(=O)(=O)N1CCN(c2ccc(-c3cc(OCC)cn4ncc(C#N)c34)cn2)CC1.CC#CC1(CS(=O)(=O)N2CCN(c3ccc(-c4cc(OCC)cn5ncc(C#N)c45)cn3)CC2)CC1. The van der Waals surface area contributed by atoms with Crippen LogP contribution in [0, 0.1) is 87.8 Å². The van der Waals surface area contributed by atoms with Crippen LogP contribution < -0.4 is 29.3 Å². The van der Waals surface area contributed by atoms with Gasteiger partial charge in [-0.15, -0.1) is 18.8 Å². The third-order valence-corrected chi connectivity index (χ3v) is 22.4. The van der Waals surface area contributed by atoms with E-state index in [0.717, 1.165) is 82.0 Å². The van der Waals surface area contributed by atoms with Crippen LogP contribution in [0.4, 0.5) is 17.5 Å². The Kier molecular flexibility index (Phi) is 20.7. The number of piperidine rings is 1. The number of fused-ring (bicyclic) bond motifs is 5. The first-order chi connectivity index (χ1) is 48.9. The average molecular weight is 1400 g/mol. The summed E-state index contributed by atoms with van der Waals surface area (Å²) < 4.78 is 75.2. The normalized spacial score (nSPS) is 17.9. The molecule has 3 aliphatic heterocycles. The number of ether oxygens (including phenoxy) is 3. The zero-order valence-corrected chi connectivity index (χ0v) is 58.0. The van der Waals surface area contributed by atoms with Crippen molar-refractivity contribution in [2.24, 2.45) is 17.3 Å². The number of aromatic nitrogens is 9. The van der Waals surface area contributed by atoms with E-state index in [0.29, 0.717) is 142 Å². The number of rotatable bonds is 18. The summed E-state index contributed by atoms with van der Waals surface area (Å²) in [6.07, 6.45) is 29.6. The molecule has 5 aliphatic rings. The largest absolute Gasteiger partial charge is 0.492 e. The molecule has 3 saturated heterocycles. The van der Waals surface area contributed by atoms with Gasteiger partial charge < -0.3 is 34.2 Å². The molecule has 2 saturated carbocycles. The lowest BCUT2D eigenvalue weighted by Crippen LogP contribution is -2.50. The molecule has 1 N–H and O–H groups in total. The Balaban J connectivity index is 0.000000144. The number of nitriles is 3. The number of amides is 1. The van der Waals surface area contributed by atoms with Crippen LogP contribution in [-0.4, -0.2) is 183 Å². The Bertz CT molecular complexity index is 5070. The van der Waals surface area contributed by atoms with Crippen molar-refractivity contribution in [1.82, 2.24) is 57.3 Å². The van der Waals surface area contributed by atoms with Crippen molar-refractivity contribution in [2.75, 3.05) is 112 Å². The number of terminal acetylenes is 2. The molecule has 0 aromatic carbocycles. The highest BCUT2D eigenvalue weighted by atomic mass is 32.2. The Morgan fingerprint density at radius 2 is 1.00 bits per heavy atom. The Labute approximate surface area is 586 Å². The van der Waals surface area contributed by atoms with Gasteiger partial charge in [0.25, 0.3) is 5.91 Å². The minimum absolute atomic E-state index is 0.113. The second-order valence-electron chi connectivity index (χ2n) is 25.0. The van der Waals surface area contributed by atoms with Crippen LogP contribution in [0.25, 0.3) is 49.9 Å². The molecule has 101 heavy (non-hydrogen) atoms. The van der Waals surface area contributed by atoms with E-state index in [2.05, 4.69) is 82.4 Å². The van der Waals surface area contributed by atoms with Crippen LogP contribution >= 0.6 is 0 Å². The van der Waals surface area contributed by atoms with Gasteiger partial charge in [0, 0.05) is 129 Å². The zero-order chi connectivity index (χ0) is 71.0. The number of hydrogen-bond acceptors (Lipinski definition) is 20. The summed E-state index contributed by atoms with van der Waals surface area (Å²) in [7, 11) is -6.75. The lowest BCUT2D eigenvalue weighted by atomic mass is 9.92. The maximum Gasteiger partial charge on any atom is 0.298 e. The number of pyridine rings is 6. The molecular formula is C73H74N18O8S2. The van der Waals surface area contributed by atoms with Crippen molar-refractivity contribution in [1.29, 1.82) is 15.8 Å². The molecule has 9 aromatic rings. The first-order valence-corrected chi connectivity index (χ1v) is 36.5. The van der Waals surface area contributed by atoms with Crippen LogP contribution in [0.5, 0.6) is 17.2 Å². The second-order valence-corrected chi connectivity index (χ2v) is 28.9. The van der Waals surface area contributed by atoms with Crippen molar-refractivity contribution in [3.63, 3.8) is 0 Å². The summed E-state index contributed by atoms with van der Waals surface area (Å²) in [5, 5.41) is 45.0. The van der Waals surface area contributed by atoms with E-state index >= 15 is 0 Å². The van der Waals surface area contributed by atoms with Gasteiger partial charge in [-0.1, -0.05) is 11.8 Å². The molecule has 2 aliphatic carbocycles. The number of nitrogens with one attached hydrogen (secondary N) is 1. The van der Waals surface area contributed by atoms with Crippen LogP contribution in [0.2, 0.25) is 0 Å². The fraction of sp³-hybridized carbons (Fsp3) is 0.370. The topological polar surface area (TPSA) is 303 Å². The highest BCUT2D eigenvalue weighted by Gasteiger charge is 2.47. The predicted molar refractivity (Wildman–Crippen MR) is 381 cm³/mol. The van der Waals surface area contributed by atoms with Crippen LogP contribution in [0.1, 0.15) is 70.1 Å². The monoisotopic (exact) mass is 1390 g/mol. The van der Waals surface area contributed by atoms with E-state index in [1.54, 1.807) is 79.2 Å². The molecule has 26 nitrogen and oxygen atoms in total. The van der Waals surface area contributed by atoms with E-state index < -0.39 is 20.0 Å². The summed E-state index contributed by atoms with van der Waals surface area (Å²) in [5.41, 5.74) is 8.24. The van der Waals surface area contributed by atoms with Crippen molar-refractivity contribution in [2.45, 2.75) is 59.4 Å². The van der Waals surface area contributed by atoms with Gasteiger partial charge in [-0.3, -0.25) is 4.79 Å². The molecule has 516 valence electrons. The van der Waals surface area contributed by atoms with Crippen molar-refractivity contribution >= 4 is 60.0 Å². The molecule has 0 spiro atoms. The number of carbonyl (C=O) groups is 1. The minimum atomic E-state index is -3.41. The first kappa shape index (κ1) is 69.7. The fourth-order valence-corrected chi connectivity index (χ4v) is 16.7. The van der Waals surface area contributed by atoms with Crippen molar-refractivity contribution in [3.05, 3.63) is 127 Å². The van der Waals surface area contributed by atoms with Crippen molar-refractivity contribution in [3.8, 4) is 105 Å². The summed E-state index contributed by atoms with van der Waals surface area (Å²) >= 11 is 0. The van der Waals surface area contributed by atoms with Crippen LogP contribution in [0.3, 0.4) is 0 Å². The van der Waals surface area contributed by atoms with Crippen LogP contribution in [-0.2, 0) is 24.8 Å². The average Bonchev–Trinajstić information content (AvgIpc) is 1.74. The number of sulfonamides is 2. The minimum Gasteiger partial charge on any atom is -0.492 e. The van der Waals surface area contributed by atoms with E-state index in [-0.39, 0.29) is 28.9 Å². The Morgan fingerprint density at radius 1 is 0.584 bits per heavy atom. The second kappa shape index (κ2) is 30.1. The van der Waals surface area contributed by atoms with Crippen LogP contribution in [0.15, 0.2) is 110 Å². The van der Waals surface area contributed by atoms with Gasteiger partial charge in [-0.2, -0.15) is 39.7 Å². The molecule has 2 bridgehead atoms. The Hall–Kier alpha value is -11.2. The number of piperazine rings is 2. The number of hydrogen-bond donors (Lipinski definition) is 1. The molecule has 14 rings (SSSR count). The number of nitrogens with zero attached hydrogens (tertiary/aromatic N) is 17. The third kappa shape index (κ3) is 15.0. The van der Waals surface area contributed by atoms with E-state index in [1.807, 2.05) is 80.3 Å². The maximum atomic E-state index is 13.0. The van der Waals surface area contributed by atoms with Gasteiger partial charge in [0.05, 0.1) is 96.0 Å². The Morgan fingerprint density at radius 3 is 1.35 bits per heavy atom. The summed E-state index contributed by atoms with van der Waals surface area (Å²) in [5.74, 6) is 15.1. The molecule has 9 aromatic heterocycles. The van der Waals surface area contributed by atoms with Gasteiger partial charge >= 0.3 is 0 Å². The van der Waals surface area contributed by atoms with Gasteiger partial charge in [-0.05, 0) is 126 Å². The molecular weight excluding hydrogens is 1320 g/mol. The zero-order valence-electron chi connectivity index (χ0n) is 56.4. The van der Waals surface area contributed by atoms with E-state index in [4.69, 9.17) is 27.1 Å². The summed E-state index contributed by atoms with van der Waals surface area (Å²) in [6, 6.07) is 24.3. The first-order valence-electron chi connectivity index (χ1n) is 33.3. The highest BCUT2D eigenvalue weighted by molar-refractivity contribution is 7.89. The molecule has 28 heteroatoms. The lowest BCUT2D eigenvalue weighted by Gasteiger charge is -2.37. The highest BCUT2D eigenvalue weighted by Crippen LogP contribution is 2.47. The molecule has 0 radical (unpaired) electrons. The standard InChI is InChI=1S/C26H28N6O3S.C25H24N6O2.C22H22N6O3S/c1-3-7-26(8-9-26)19-36(33,34)31-12-10-30(11-13-31)24-6-5-20(16-28-24)23-14-22(35-4-2)18-32-25(23)21(15-27)17-29-32;1-3-23(32)30-13-17-5-6-18(14-30)24(17)29-22-8-7-16(11-27-22)21-9-20(33-4-2)15-31-25(21)19(10-26)12-28-31;1-3-11-32(29,30)27-9-7-26(8-10-27)21-6-5-17(14-24-21)20-12-19(31-4-2)16-28-22(20)18(13-23)15-25-28/h5-6,14,16-18H,4,8-13,19H2,1-2H3;1,7-9,11-12,15,17-18,24H,4-6,13-14H2,2H3,(H,27,29);1,5-6,12,14-16H,4,7-11H2,2H3. The van der Waals surface area contributed by atoms with Gasteiger partial charge in [0.1, 0.15) is 58.7 Å².